The molecule has 1 N–H and O–H groups in total. The quantitative estimate of drug-likeness (QED) is 0.732. The van der Waals surface area contributed by atoms with Crippen LogP contribution in [0.25, 0.3) is 17.1 Å². The maximum absolute atomic E-state index is 9.95. The van der Waals surface area contributed by atoms with Crippen molar-refractivity contribution < 1.29 is 9.84 Å². The fraction of sp³-hybridized carbons (Fsp3) is 0.391. The second kappa shape index (κ2) is 7.97. The van der Waals surface area contributed by atoms with E-state index in [0.29, 0.717) is 6.54 Å². The van der Waals surface area contributed by atoms with E-state index >= 15 is 0 Å². The highest BCUT2D eigenvalue weighted by Gasteiger charge is 2.19. The number of aromatic hydroxyl groups is 1. The van der Waals surface area contributed by atoms with Crippen LogP contribution in [0.4, 0.5) is 0 Å². The lowest BCUT2D eigenvalue weighted by Gasteiger charge is -2.25. The van der Waals surface area contributed by atoms with Gasteiger partial charge in [0.15, 0.2) is 11.6 Å². The maximum Gasteiger partial charge on any atom is 0.165 e. The summed E-state index contributed by atoms with van der Waals surface area (Å²) in [7, 11) is 0. The molecule has 0 aliphatic carbocycles. The SMILES string of the molecule is CC(C)(C)c1ccc(-n2nc(CN3CCOCC3)nc2-c2cccc(O)c2)cc1. The third-order valence-electron chi connectivity index (χ3n) is 5.20. The van der Waals surface area contributed by atoms with E-state index in [1.807, 2.05) is 16.8 Å². The van der Waals surface area contributed by atoms with Gasteiger partial charge in [0.2, 0.25) is 0 Å². The Labute approximate surface area is 171 Å². The van der Waals surface area contributed by atoms with E-state index in [0.717, 1.165) is 49.2 Å². The monoisotopic (exact) mass is 392 g/mol. The first-order valence-electron chi connectivity index (χ1n) is 10.1. The molecule has 3 aromatic rings. The predicted octanol–water partition coefficient (Wildman–Crippen LogP) is 3.77. The molecule has 0 unspecified atom stereocenters. The van der Waals surface area contributed by atoms with E-state index in [4.69, 9.17) is 14.8 Å². The molecule has 29 heavy (non-hydrogen) atoms. The van der Waals surface area contributed by atoms with Crippen LogP contribution < -0.4 is 0 Å². The second-order valence-corrected chi connectivity index (χ2v) is 8.50. The lowest BCUT2D eigenvalue weighted by Crippen LogP contribution is -2.36. The van der Waals surface area contributed by atoms with E-state index in [2.05, 4.69) is 49.9 Å². The van der Waals surface area contributed by atoms with Crippen molar-refractivity contribution in [3.63, 3.8) is 0 Å². The smallest absolute Gasteiger partial charge is 0.165 e. The summed E-state index contributed by atoms with van der Waals surface area (Å²) in [6, 6.07) is 15.6. The molecule has 0 bridgehead atoms. The van der Waals surface area contributed by atoms with Crippen LogP contribution in [0.15, 0.2) is 48.5 Å². The second-order valence-electron chi connectivity index (χ2n) is 8.50. The van der Waals surface area contributed by atoms with Crippen molar-refractivity contribution in [2.75, 3.05) is 26.3 Å². The number of aromatic nitrogens is 3. The van der Waals surface area contributed by atoms with Crippen LogP contribution in [-0.4, -0.2) is 51.1 Å². The average Bonchev–Trinajstić information content (AvgIpc) is 3.12. The summed E-state index contributed by atoms with van der Waals surface area (Å²) in [6.07, 6.45) is 0. The van der Waals surface area contributed by atoms with Crippen molar-refractivity contribution in [2.45, 2.75) is 32.7 Å². The molecule has 1 aliphatic heterocycles. The molecule has 0 atom stereocenters. The molecule has 0 saturated carbocycles. The Bertz CT molecular complexity index is 967. The fourth-order valence-corrected chi connectivity index (χ4v) is 3.50. The summed E-state index contributed by atoms with van der Waals surface area (Å²) < 4.78 is 7.31. The minimum atomic E-state index is 0.0937. The molecule has 1 aliphatic rings. The first-order valence-corrected chi connectivity index (χ1v) is 10.1. The Kier molecular flexibility index (Phi) is 5.39. The molecule has 6 heteroatoms. The summed E-state index contributed by atoms with van der Waals surface area (Å²) in [4.78, 5) is 7.13. The molecule has 0 amide bonds. The number of phenols is 1. The van der Waals surface area contributed by atoms with Gasteiger partial charge in [0.05, 0.1) is 25.4 Å². The summed E-state index contributed by atoms with van der Waals surface area (Å²) >= 11 is 0. The molecule has 152 valence electrons. The van der Waals surface area contributed by atoms with Gasteiger partial charge >= 0.3 is 0 Å². The molecular weight excluding hydrogens is 364 g/mol. The highest BCUT2D eigenvalue weighted by atomic mass is 16.5. The Morgan fingerprint density at radius 3 is 2.41 bits per heavy atom. The number of phenolic OH excluding ortho intramolecular Hbond substituents is 1. The zero-order valence-electron chi connectivity index (χ0n) is 17.3. The van der Waals surface area contributed by atoms with Crippen molar-refractivity contribution in [3.8, 4) is 22.8 Å². The lowest BCUT2D eigenvalue weighted by atomic mass is 9.87. The topological polar surface area (TPSA) is 63.4 Å². The minimum Gasteiger partial charge on any atom is -0.508 e. The standard InChI is InChI=1S/C23H28N4O2/c1-23(2,3)18-7-9-19(10-8-18)27-22(17-5-4-6-20(28)15-17)24-21(25-27)16-26-11-13-29-14-12-26/h4-10,15,28H,11-14,16H2,1-3H3. The first kappa shape index (κ1) is 19.6. The van der Waals surface area contributed by atoms with Gasteiger partial charge in [-0.1, -0.05) is 45.0 Å². The number of hydrogen-bond acceptors (Lipinski definition) is 5. The minimum absolute atomic E-state index is 0.0937. The van der Waals surface area contributed by atoms with Crippen molar-refractivity contribution in [3.05, 3.63) is 59.9 Å². The zero-order chi connectivity index (χ0) is 20.4. The van der Waals surface area contributed by atoms with Crippen molar-refractivity contribution in [1.82, 2.24) is 19.7 Å². The summed E-state index contributed by atoms with van der Waals surface area (Å²) in [5, 5.41) is 14.8. The number of rotatable bonds is 4. The molecule has 4 rings (SSSR count). The predicted molar refractivity (Wildman–Crippen MR) is 113 cm³/mol. The van der Waals surface area contributed by atoms with Gasteiger partial charge in [-0.15, -0.1) is 5.10 Å². The summed E-state index contributed by atoms with van der Waals surface area (Å²) in [5.41, 5.74) is 3.16. The lowest BCUT2D eigenvalue weighted by molar-refractivity contribution is 0.0331. The molecular formula is C23H28N4O2. The summed E-state index contributed by atoms with van der Waals surface area (Å²) in [5.74, 6) is 1.72. The number of ether oxygens (including phenoxy) is 1. The molecule has 1 fully saturated rings. The molecule has 1 aromatic heterocycles. The zero-order valence-corrected chi connectivity index (χ0v) is 17.3. The van der Waals surface area contributed by atoms with Crippen LogP contribution in [0, 0.1) is 0 Å². The number of benzene rings is 2. The molecule has 1 saturated heterocycles. The first-order chi connectivity index (χ1) is 13.9. The van der Waals surface area contributed by atoms with E-state index in [-0.39, 0.29) is 11.2 Å². The third kappa shape index (κ3) is 4.49. The number of morpholine rings is 1. The number of hydrogen-bond donors (Lipinski definition) is 1. The van der Waals surface area contributed by atoms with Crippen LogP contribution in [0.5, 0.6) is 5.75 Å². The Morgan fingerprint density at radius 2 is 1.76 bits per heavy atom. The number of nitrogens with zero attached hydrogens (tertiary/aromatic N) is 4. The molecule has 0 spiro atoms. The van der Waals surface area contributed by atoms with Gasteiger partial charge in [-0.05, 0) is 35.2 Å². The van der Waals surface area contributed by atoms with Gasteiger partial charge in [0, 0.05) is 18.7 Å². The van der Waals surface area contributed by atoms with Gasteiger partial charge < -0.3 is 9.84 Å². The molecule has 2 heterocycles. The Hall–Kier alpha value is -2.70. The molecule has 6 nitrogen and oxygen atoms in total. The average molecular weight is 393 g/mol. The summed E-state index contributed by atoms with van der Waals surface area (Å²) in [6.45, 7) is 10.6. The largest absolute Gasteiger partial charge is 0.508 e. The molecule has 0 radical (unpaired) electrons. The Balaban J connectivity index is 1.72. The van der Waals surface area contributed by atoms with E-state index in [1.54, 1.807) is 12.1 Å². The normalized spacial score (nSPS) is 15.6. The fourth-order valence-electron chi connectivity index (χ4n) is 3.50. The third-order valence-corrected chi connectivity index (χ3v) is 5.20. The van der Waals surface area contributed by atoms with Gasteiger partial charge in [0.25, 0.3) is 0 Å². The van der Waals surface area contributed by atoms with Gasteiger partial charge in [0.1, 0.15) is 5.75 Å². The van der Waals surface area contributed by atoms with Gasteiger partial charge in [-0.3, -0.25) is 4.90 Å². The van der Waals surface area contributed by atoms with Crippen LogP contribution >= 0.6 is 0 Å². The highest BCUT2D eigenvalue weighted by molar-refractivity contribution is 5.60. The van der Waals surface area contributed by atoms with Crippen molar-refractivity contribution in [2.24, 2.45) is 0 Å². The van der Waals surface area contributed by atoms with Crippen molar-refractivity contribution in [1.29, 1.82) is 0 Å². The van der Waals surface area contributed by atoms with Crippen LogP contribution in [0.2, 0.25) is 0 Å². The maximum atomic E-state index is 9.95. The van der Waals surface area contributed by atoms with Crippen LogP contribution in [0.1, 0.15) is 32.2 Å². The highest BCUT2D eigenvalue weighted by Crippen LogP contribution is 2.27. The van der Waals surface area contributed by atoms with Crippen LogP contribution in [-0.2, 0) is 16.7 Å². The molecule has 2 aromatic carbocycles. The van der Waals surface area contributed by atoms with E-state index in [1.165, 1.54) is 5.56 Å². The van der Waals surface area contributed by atoms with Crippen LogP contribution in [0.3, 0.4) is 0 Å². The van der Waals surface area contributed by atoms with Crippen molar-refractivity contribution >= 4 is 0 Å². The van der Waals surface area contributed by atoms with E-state index in [9.17, 15) is 5.11 Å². The van der Waals surface area contributed by atoms with E-state index < -0.39 is 0 Å². The van der Waals surface area contributed by atoms with Gasteiger partial charge in [-0.25, -0.2) is 9.67 Å². The van der Waals surface area contributed by atoms with Gasteiger partial charge in [-0.2, -0.15) is 0 Å². The Morgan fingerprint density at radius 1 is 1.03 bits per heavy atom.